The molecule has 15 aromatic rings. The average Bonchev–Trinajstić information content (AvgIpc) is 1.76. The maximum absolute atomic E-state index is 13.1. The fourth-order valence-electron chi connectivity index (χ4n) is 18.5. The van der Waals surface area contributed by atoms with Gasteiger partial charge in [-0.25, -0.2) is 33.5 Å². The molecule has 5 aliphatic heterocycles. The average molecular weight is 1720 g/mol. The number of piperidine rings is 2. The number of nitrogens with zero attached hydrogens (tertiary/aromatic N) is 24. The topological polar surface area (TPSA) is 290 Å². The maximum Gasteiger partial charge on any atom is 0.258 e. The van der Waals surface area contributed by atoms with Crippen molar-refractivity contribution in [3.63, 3.8) is 0 Å². The van der Waals surface area contributed by atoms with Crippen LogP contribution in [0.4, 0.5) is 22.7 Å². The second kappa shape index (κ2) is 36.2. The Bertz CT molecular complexity index is 6940. The number of fused-ring (bicyclic) bond motifs is 8. The molecule has 5 saturated heterocycles. The second-order valence-corrected chi connectivity index (χ2v) is 34.7. The van der Waals surface area contributed by atoms with E-state index in [0.717, 1.165) is 212 Å². The number of nitrogens with one attached hydrogen (secondary N) is 1. The van der Waals surface area contributed by atoms with Gasteiger partial charge in [0.2, 0.25) is 0 Å². The quantitative estimate of drug-likeness (QED) is 0.0933. The van der Waals surface area contributed by atoms with Gasteiger partial charge in [0.25, 0.3) is 22.2 Å². The molecular weight excluding hydrogens is 1600 g/mol. The van der Waals surface area contributed by atoms with E-state index in [9.17, 15) is 19.2 Å². The van der Waals surface area contributed by atoms with E-state index >= 15 is 0 Å². The van der Waals surface area contributed by atoms with Crippen LogP contribution >= 0.6 is 0 Å². The van der Waals surface area contributed by atoms with Crippen LogP contribution in [0, 0.1) is 69.2 Å². The molecule has 1 aromatic carbocycles. The van der Waals surface area contributed by atoms with Gasteiger partial charge in [0.05, 0.1) is 136 Å². The van der Waals surface area contributed by atoms with E-state index < -0.39 is 0 Å². The number of hydrogen-bond acceptors (Lipinski definition) is 25. The summed E-state index contributed by atoms with van der Waals surface area (Å²) in [5, 5.41) is 17.5. The summed E-state index contributed by atoms with van der Waals surface area (Å²) >= 11 is 0. The summed E-state index contributed by atoms with van der Waals surface area (Å²) in [6.07, 6.45) is 20.3. The van der Waals surface area contributed by atoms with Crippen LogP contribution in [0.15, 0.2) is 147 Å². The van der Waals surface area contributed by atoms with Gasteiger partial charge in [0, 0.05) is 158 Å². The smallest absolute Gasteiger partial charge is 0.258 e. The van der Waals surface area contributed by atoms with Crippen molar-refractivity contribution in [1.82, 2.24) is 101 Å². The zero-order chi connectivity index (χ0) is 88.9. The molecule has 0 saturated carbocycles. The predicted octanol–water partition coefficient (Wildman–Crippen LogP) is 10.4. The number of anilines is 4. The Kier molecular flexibility index (Phi) is 24.6. The number of rotatable bonds is 15. The predicted molar refractivity (Wildman–Crippen MR) is 498 cm³/mol. The van der Waals surface area contributed by atoms with Gasteiger partial charge in [-0.15, -0.1) is 0 Å². The third-order valence-corrected chi connectivity index (χ3v) is 25.4. The van der Waals surface area contributed by atoms with Gasteiger partial charge in [-0.3, -0.25) is 56.6 Å². The Morgan fingerprint density at radius 1 is 0.394 bits per heavy atom. The third kappa shape index (κ3) is 18.1. The van der Waals surface area contributed by atoms with Crippen molar-refractivity contribution in [2.75, 3.05) is 154 Å². The van der Waals surface area contributed by atoms with Gasteiger partial charge in [0.15, 0.2) is 11.5 Å². The summed E-state index contributed by atoms with van der Waals surface area (Å²) in [6.45, 7) is 33.5. The molecule has 0 amide bonds. The lowest BCUT2D eigenvalue weighted by molar-refractivity contribution is 0.193. The van der Waals surface area contributed by atoms with E-state index in [2.05, 4.69) is 115 Å². The van der Waals surface area contributed by atoms with Crippen molar-refractivity contribution in [1.29, 1.82) is 0 Å². The second-order valence-electron chi connectivity index (χ2n) is 34.7. The number of hydrogen-bond donors (Lipinski definition) is 1. The highest BCUT2D eigenvalue weighted by molar-refractivity contribution is 5.73. The third-order valence-electron chi connectivity index (χ3n) is 25.4. The molecule has 660 valence electrons. The van der Waals surface area contributed by atoms with Crippen molar-refractivity contribution in [2.24, 2.45) is 0 Å². The molecule has 32 nitrogen and oxygen atoms in total. The van der Waals surface area contributed by atoms with Gasteiger partial charge in [-0.1, -0.05) is 0 Å². The molecule has 5 aliphatic rings. The molecule has 20 rings (SSSR count). The van der Waals surface area contributed by atoms with Crippen molar-refractivity contribution in [3.8, 4) is 56.9 Å². The first-order valence-electron chi connectivity index (χ1n) is 43.9. The largest absolute Gasteiger partial charge is 0.493 e. The van der Waals surface area contributed by atoms with Crippen LogP contribution in [0.1, 0.15) is 94.9 Å². The highest BCUT2D eigenvalue weighted by atomic mass is 16.5. The van der Waals surface area contributed by atoms with Crippen LogP contribution in [-0.2, 0) is 4.74 Å². The van der Waals surface area contributed by atoms with Gasteiger partial charge in [-0.2, -0.15) is 15.3 Å². The number of benzene rings is 1. The van der Waals surface area contributed by atoms with E-state index in [0.29, 0.717) is 92.1 Å². The Labute approximate surface area is 736 Å². The lowest BCUT2D eigenvalue weighted by Crippen LogP contribution is -2.50. The summed E-state index contributed by atoms with van der Waals surface area (Å²) in [6, 6.07) is 28.0. The first kappa shape index (κ1) is 86.2. The minimum Gasteiger partial charge on any atom is -0.493 e. The number of ether oxygens (including phenoxy) is 3. The monoisotopic (exact) mass is 1720 g/mol. The number of aryl methyl sites for hydroxylation is 10. The summed E-state index contributed by atoms with van der Waals surface area (Å²) < 4.78 is 27.9. The zero-order valence-corrected chi connectivity index (χ0v) is 75.6. The molecule has 0 unspecified atom stereocenters. The lowest BCUT2D eigenvalue weighted by Gasteiger charge is -2.39. The summed E-state index contributed by atoms with van der Waals surface area (Å²) in [5.41, 5.74) is 23.9. The Morgan fingerprint density at radius 3 is 1.19 bits per heavy atom. The van der Waals surface area contributed by atoms with Crippen LogP contribution in [0.25, 0.3) is 84.6 Å². The van der Waals surface area contributed by atoms with Crippen molar-refractivity contribution in [3.05, 3.63) is 226 Å². The molecule has 127 heavy (non-hydrogen) atoms. The van der Waals surface area contributed by atoms with E-state index in [1.807, 2.05) is 158 Å². The molecule has 19 heterocycles. The fourth-order valence-corrected chi connectivity index (χ4v) is 18.5. The fraction of sp³-hybridized carbons (Fsp3) is 0.411. The zero-order valence-electron chi connectivity index (χ0n) is 75.6. The normalized spacial score (nSPS) is 16.1. The van der Waals surface area contributed by atoms with Crippen molar-refractivity contribution < 1.29 is 14.2 Å². The van der Waals surface area contributed by atoms with Crippen molar-refractivity contribution in [2.45, 2.75) is 126 Å². The van der Waals surface area contributed by atoms with Crippen LogP contribution in [0.2, 0.25) is 0 Å². The standard InChI is InChI=1S/C25H32N4O4.C24H27N7O.C24H29N7O.C22H25N7O/c1-17-13-20(28-10-7-19(8-11-28)26-9-12-31-2)16-29-24(30)15-21(27-25(17)29)18-5-6-22(32-3)23(14-18)33-4;1-15-9-19(29-8-7-28-6-4-5-18(28)13-29)14-30-23(32)11-20(26-24(15)30)21-10-22-17(3)25-16(2)12-31(22)27-21;1-15-10-19(29-8-6-18(7-9-29)28(4)5)14-30-23(32)12-20(26-24(15)30)21-11-22-17(3)25-16(2)13-31(22)27-21;1-14-9-17(27-7-5-26(4)6-8-27)13-28-21(30)11-18(24-22(14)28)19-10-20-16(3)23-15(2)12-29(20)25-19/h5-6,13-16,19,26H,7-12H2,1-4H3;9-12,14,18H,4-8,13H2,1-3H3;10-14,18H,6-9H2,1-5H3;9-13H,5-8H2,1-4H3/t;18-;;/m.1../s1. The molecule has 0 spiro atoms. The number of pyridine rings is 4. The number of likely N-dealkylation sites (N-methyl/N-ethyl adjacent to an activating group) is 1. The summed E-state index contributed by atoms with van der Waals surface area (Å²) in [7, 11) is 11.3. The molecule has 32 heteroatoms. The number of methoxy groups -OCH3 is 3. The first-order chi connectivity index (χ1) is 61.2. The van der Waals surface area contributed by atoms with Gasteiger partial charge in [0.1, 0.15) is 39.7 Å². The van der Waals surface area contributed by atoms with Gasteiger partial charge < -0.3 is 48.9 Å². The molecule has 0 bridgehead atoms. The van der Waals surface area contributed by atoms with Gasteiger partial charge >= 0.3 is 0 Å². The van der Waals surface area contributed by atoms with Crippen LogP contribution in [-0.4, -0.2) is 248 Å². The Hall–Kier alpha value is -12.9. The Balaban J connectivity index is 0.000000119. The van der Waals surface area contributed by atoms with Crippen LogP contribution in [0.3, 0.4) is 0 Å². The van der Waals surface area contributed by atoms with Crippen LogP contribution in [0.5, 0.6) is 11.5 Å². The maximum atomic E-state index is 13.1. The van der Waals surface area contributed by atoms with E-state index in [-0.39, 0.29) is 22.2 Å². The molecule has 1 N–H and O–H groups in total. The molecule has 0 aliphatic carbocycles. The minimum absolute atomic E-state index is 0.0856. The van der Waals surface area contributed by atoms with E-state index in [1.165, 1.54) is 19.4 Å². The lowest BCUT2D eigenvalue weighted by atomic mass is 10.0. The highest BCUT2D eigenvalue weighted by Gasteiger charge is 2.32. The van der Waals surface area contributed by atoms with Crippen molar-refractivity contribution >= 4 is 61.9 Å². The summed E-state index contributed by atoms with van der Waals surface area (Å²) in [5.74, 6) is 1.24. The molecular formula is C95H113N25O7. The summed E-state index contributed by atoms with van der Waals surface area (Å²) in [4.78, 5) is 102. The molecule has 5 fully saturated rings. The van der Waals surface area contributed by atoms with Gasteiger partial charge in [-0.05, 0) is 218 Å². The first-order valence-corrected chi connectivity index (χ1v) is 43.9. The number of aromatic nitrogens is 17. The highest BCUT2D eigenvalue weighted by Crippen LogP contribution is 2.35. The molecule has 14 aromatic heterocycles. The molecule has 0 radical (unpaired) electrons. The van der Waals surface area contributed by atoms with Crippen LogP contribution < -0.4 is 56.6 Å². The van der Waals surface area contributed by atoms with E-state index in [1.54, 1.807) is 67.7 Å². The SMILES string of the molecule is COCCNC1CCN(c2cc(C)c3nc(-c4ccc(OC)c(OC)c4)cc(=O)n3c2)CC1.Cc1cn2nc(-c3cc(=O)n4cc(N5CCC(N(C)C)CC5)cc(C)c4n3)cc2c(C)n1.Cc1cn2nc(-c3cc(=O)n4cc(N5CCN(C)CC5)cc(C)c4n3)cc2c(C)n1.Cc1cn2nc(-c3cc(=O)n4cc(N5CCN6CCC[C@@H]6C5)cc(C)c4n3)cc2c(C)n1. The number of piperazine rings is 2. The minimum atomic E-state index is -0.106. The van der Waals surface area contributed by atoms with E-state index in [4.69, 9.17) is 34.1 Å². The Morgan fingerprint density at radius 2 is 0.780 bits per heavy atom. The molecule has 1 atom stereocenters.